The van der Waals surface area contributed by atoms with Crippen molar-refractivity contribution >= 4 is 16.7 Å². The van der Waals surface area contributed by atoms with Crippen LogP contribution >= 0.6 is 11.5 Å². The van der Waals surface area contributed by atoms with Gasteiger partial charge in [0.15, 0.2) is 0 Å². The maximum atomic E-state index is 9.98. The molecule has 16 heavy (non-hydrogen) atoms. The van der Waals surface area contributed by atoms with E-state index in [4.69, 9.17) is 0 Å². The molecule has 0 amide bonds. The van der Waals surface area contributed by atoms with E-state index < -0.39 is 5.60 Å². The van der Waals surface area contributed by atoms with E-state index in [1.54, 1.807) is 0 Å². The molecule has 2 N–H and O–H groups in total. The maximum Gasteiger partial charge on any atom is 0.202 e. The fourth-order valence-corrected chi connectivity index (χ4v) is 2.15. The van der Waals surface area contributed by atoms with E-state index in [0.29, 0.717) is 6.54 Å². The molecule has 0 bridgehead atoms. The molecular formula is C11H21N3OS. The number of hydrogen-bond acceptors (Lipinski definition) is 5. The zero-order valence-corrected chi connectivity index (χ0v) is 11.1. The van der Waals surface area contributed by atoms with E-state index in [-0.39, 0.29) is 0 Å². The summed E-state index contributed by atoms with van der Waals surface area (Å²) < 4.78 is 4.24. The summed E-state index contributed by atoms with van der Waals surface area (Å²) in [6.07, 6.45) is 3.75. The van der Waals surface area contributed by atoms with Crippen LogP contribution in [0.5, 0.6) is 0 Å². The highest BCUT2D eigenvalue weighted by Gasteiger charge is 2.19. The van der Waals surface area contributed by atoms with Crippen LogP contribution in [0.15, 0.2) is 0 Å². The van der Waals surface area contributed by atoms with Crippen molar-refractivity contribution in [2.24, 2.45) is 0 Å². The molecule has 1 atom stereocenters. The molecule has 1 heterocycles. The standard InChI is InChI=1S/C11H21N3OS/c1-4-6-9-13-10(16-14-9)12-8-11(3,15)7-5-2/h15H,4-8H2,1-3H3,(H,12,13,14). The van der Waals surface area contributed by atoms with Crippen molar-refractivity contribution in [2.45, 2.75) is 52.1 Å². The summed E-state index contributed by atoms with van der Waals surface area (Å²) in [6.45, 7) is 6.55. The molecule has 0 aliphatic rings. The summed E-state index contributed by atoms with van der Waals surface area (Å²) >= 11 is 1.36. The lowest BCUT2D eigenvalue weighted by atomic mass is 10.0. The minimum absolute atomic E-state index is 0.529. The van der Waals surface area contributed by atoms with Gasteiger partial charge in [-0.15, -0.1) is 0 Å². The number of aryl methyl sites for hydroxylation is 1. The van der Waals surface area contributed by atoms with Crippen LogP contribution < -0.4 is 5.32 Å². The number of aliphatic hydroxyl groups is 1. The van der Waals surface area contributed by atoms with Gasteiger partial charge in [-0.05, 0) is 19.8 Å². The molecule has 0 saturated heterocycles. The Hall–Kier alpha value is -0.680. The highest BCUT2D eigenvalue weighted by Crippen LogP contribution is 2.16. The molecule has 0 aliphatic carbocycles. The first-order chi connectivity index (χ1) is 7.57. The normalized spacial score (nSPS) is 14.8. The predicted molar refractivity (Wildman–Crippen MR) is 67.9 cm³/mol. The number of rotatable bonds is 7. The summed E-state index contributed by atoms with van der Waals surface area (Å²) in [7, 11) is 0. The Balaban J connectivity index is 2.41. The van der Waals surface area contributed by atoms with E-state index in [2.05, 4.69) is 28.5 Å². The van der Waals surface area contributed by atoms with Gasteiger partial charge in [0.05, 0.1) is 5.60 Å². The maximum absolute atomic E-state index is 9.98. The van der Waals surface area contributed by atoms with Crippen LogP contribution in [0.2, 0.25) is 0 Å². The van der Waals surface area contributed by atoms with Crippen molar-refractivity contribution in [1.82, 2.24) is 9.36 Å². The molecular weight excluding hydrogens is 222 g/mol. The monoisotopic (exact) mass is 243 g/mol. The van der Waals surface area contributed by atoms with Gasteiger partial charge >= 0.3 is 0 Å². The molecule has 0 spiro atoms. The third kappa shape index (κ3) is 4.45. The second-order valence-corrected chi connectivity index (χ2v) is 5.12. The first-order valence-electron chi connectivity index (χ1n) is 5.86. The summed E-state index contributed by atoms with van der Waals surface area (Å²) in [4.78, 5) is 4.35. The van der Waals surface area contributed by atoms with Crippen molar-refractivity contribution in [3.63, 3.8) is 0 Å². The summed E-state index contributed by atoms with van der Waals surface area (Å²) in [5, 5.41) is 13.9. The Kier molecular flexibility index (Phi) is 5.15. The highest BCUT2D eigenvalue weighted by atomic mass is 32.1. The average molecular weight is 243 g/mol. The Morgan fingerprint density at radius 1 is 1.38 bits per heavy atom. The van der Waals surface area contributed by atoms with Crippen LogP contribution in [0, 0.1) is 0 Å². The number of anilines is 1. The van der Waals surface area contributed by atoms with Crippen LogP contribution in [0.3, 0.4) is 0 Å². The molecule has 0 saturated carbocycles. The summed E-state index contributed by atoms with van der Waals surface area (Å²) in [5.41, 5.74) is -0.661. The molecule has 1 unspecified atom stereocenters. The Labute approximate surface area is 101 Å². The molecule has 1 aromatic rings. The van der Waals surface area contributed by atoms with Crippen molar-refractivity contribution in [1.29, 1.82) is 0 Å². The van der Waals surface area contributed by atoms with Gasteiger partial charge in [0.2, 0.25) is 5.13 Å². The summed E-state index contributed by atoms with van der Waals surface area (Å²) in [6, 6.07) is 0. The summed E-state index contributed by atoms with van der Waals surface area (Å²) in [5.74, 6) is 0.894. The highest BCUT2D eigenvalue weighted by molar-refractivity contribution is 7.09. The van der Waals surface area contributed by atoms with Gasteiger partial charge in [0.25, 0.3) is 0 Å². The minimum atomic E-state index is -0.661. The quantitative estimate of drug-likeness (QED) is 0.772. The number of hydrogen-bond donors (Lipinski definition) is 2. The third-order valence-corrected chi connectivity index (χ3v) is 3.06. The molecule has 1 aromatic heterocycles. The molecule has 0 aliphatic heterocycles. The zero-order chi connectivity index (χ0) is 12.0. The van der Waals surface area contributed by atoms with Gasteiger partial charge in [0.1, 0.15) is 5.82 Å². The Morgan fingerprint density at radius 2 is 2.12 bits per heavy atom. The SMILES string of the molecule is CCCc1nsc(NCC(C)(O)CCC)n1. The Morgan fingerprint density at radius 3 is 2.75 bits per heavy atom. The van der Waals surface area contributed by atoms with Crippen molar-refractivity contribution in [2.75, 3.05) is 11.9 Å². The third-order valence-electron chi connectivity index (χ3n) is 2.35. The van der Waals surface area contributed by atoms with Gasteiger partial charge in [-0.25, -0.2) is 4.98 Å². The van der Waals surface area contributed by atoms with Crippen LogP contribution in [0.4, 0.5) is 5.13 Å². The van der Waals surface area contributed by atoms with Crippen molar-refractivity contribution < 1.29 is 5.11 Å². The van der Waals surface area contributed by atoms with Crippen LogP contribution in [0.25, 0.3) is 0 Å². The lowest BCUT2D eigenvalue weighted by molar-refractivity contribution is 0.0637. The van der Waals surface area contributed by atoms with E-state index in [1.807, 2.05) is 6.92 Å². The molecule has 0 fully saturated rings. The number of nitrogens with zero attached hydrogens (tertiary/aromatic N) is 2. The minimum Gasteiger partial charge on any atom is -0.388 e. The lowest BCUT2D eigenvalue weighted by Gasteiger charge is -2.22. The van der Waals surface area contributed by atoms with Gasteiger partial charge < -0.3 is 10.4 Å². The van der Waals surface area contributed by atoms with E-state index in [0.717, 1.165) is 36.6 Å². The average Bonchev–Trinajstić information content (AvgIpc) is 2.64. The molecule has 5 heteroatoms. The molecule has 4 nitrogen and oxygen atoms in total. The van der Waals surface area contributed by atoms with E-state index in [1.165, 1.54) is 11.5 Å². The zero-order valence-electron chi connectivity index (χ0n) is 10.3. The first kappa shape index (κ1) is 13.4. The molecule has 0 radical (unpaired) electrons. The number of aromatic nitrogens is 2. The van der Waals surface area contributed by atoms with Crippen molar-refractivity contribution in [3.8, 4) is 0 Å². The number of nitrogens with one attached hydrogen (secondary N) is 1. The molecule has 1 rings (SSSR count). The van der Waals surface area contributed by atoms with E-state index in [9.17, 15) is 5.11 Å². The lowest BCUT2D eigenvalue weighted by Crippen LogP contribution is -2.33. The van der Waals surface area contributed by atoms with Crippen LogP contribution in [0.1, 0.15) is 45.9 Å². The van der Waals surface area contributed by atoms with Gasteiger partial charge in [-0.2, -0.15) is 4.37 Å². The fourth-order valence-electron chi connectivity index (χ4n) is 1.54. The molecule has 92 valence electrons. The topological polar surface area (TPSA) is 58.0 Å². The first-order valence-corrected chi connectivity index (χ1v) is 6.63. The molecule has 0 aromatic carbocycles. The van der Waals surface area contributed by atoms with E-state index >= 15 is 0 Å². The Bertz CT molecular complexity index is 312. The van der Waals surface area contributed by atoms with Crippen LogP contribution in [-0.4, -0.2) is 26.6 Å². The fraction of sp³-hybridized carbons (Fsp3) is 0.818. The smallest absolute Gasteiger partial charge is 0.202 e. The van der Waals surface area contributed by atoms with Gasteiger partial charge in [-0.1, -0.05) is 20.3 Å². The predicted octanol–water partition coefficient (Wildman–Crippen LogP) is 2.45. The second kappa shape index (κ2) is 6.15. The largest absolute Gasteiger partial charge is 0.388 e. The van der Waals surface area contributed by atoms with Crippen LogP contribution in [-0.2, 0) is 6.42 Å². The van der Waals surface area contributed by atoms with Gasteiger partial charge in [-0.3, -0.25) is 0 Å². The van der Waals surface area contributed by atoms with Crippen molar-refractivity contribution in [3.05, 3.63) is 5.82 Å². The second-order valence-electron chi connectivity index (χ2n) is 4.37. The van der Waals surface area contributed by atoms with Gasteiger partial charge in [0, 0.05) is 24.5 Å².